The summed E-state index contributed by atoms with van der Waals surface area (Å²) in [6, 6.07) is 9.57. The summed E-state index contributed by atoms with van der Waals surface area (Å²) in [4.78, 5) is 40.0. The number of carbonyl (C=O) groups excluding carboxylic acids is 3. The average Bonchev–Trinajstić information content (AvgIpc) is 2.96. The Kier molecular flexibility index (Phi) is 16.2. The fourth-order valence-corrected chi connectivity index (χ4v) is 4.86. The maximum Gasteiger partial charge on any atom is 0.407 e. The number of unbranched alkanes of at least 4 members (excludes halogenated alkanes) is 6. The highest BCUT2D eigenvalue weighted by molar-refractivity contribution is 5.75. The summed E-state index contributed by atoms with van der Waals surface area (Å²) in [6.07, 6.45) is 9.39. The van der Waals surface area contributed by atoms with Gasteiger partial charge in [-0.15, -0.1) is 0 Å². The third-order valence-corrected chi connectivity index (χ3v) is 7.35. The summed E-state index contributed by atoms with van der Waals surface area (Å²) in [7, 11) is 5.00. The van der Waals surface area contributed by atoms with Crippen molar-refractivity contribution in [3.8, 4) is 0 Å². The number of carbonyl (C=O) groups is 3. The van der Waals surface area contributed by atoms with Crippen molar-refractivity contribution in [2.24, 2.45) is 0 Å². The van der Waals surface area contributed by atoms with Crippen LogP contribution in [0.25, 0.3) is 0 Å². The molecule has 2 atom stereocenters. The van der Waals surface area contributed by atoms with Crippen LogP contribution >= 0.6 is 0 Å². The predicted octanol–water partition coefficient (Wildman–Crippen LogP) is 4.53. The van der Waals surface area contributed by atoms with E-state index in [4.69, 9.17) is 9.47 Å². The van der Waals surface area contributed by atoms with Crippen LogP contribution in [0.1, 0.15) is 76.2 Å². The lowest BCUT2D eigenvalue weighted by Crippen LogP contribution is -2.54. The lowest BCUT2D eigenvalue weighted by atomic mass is 10.0. The highest BCUT2D eigenvalue weighted by Gasteiger charge is 2.30. The fourth-order valence-electron chi connectivity index (χ4n) is 4.86. The van der Waals surface area contributed by atoms with Crippen molar-refractivity contribution in [3.05, 3.63) is 35.9 Å². The molecule has 2 amide bonds. The molecular weight excluding hydrogens is 498 g/mol. The summed E-state index contributed by atoms with van der Waals surface area (Å²) in [5.74, 6) is 0.0708. The zero-order valence-electron chi connectivity index (χ0n) is 24.2. The van der Waals surface area contributed by atoms with Crippen molar-refractivity contribution in [3.63, 3.8) is 0 Å². The molecule has 39 heavy (non-hydrogen) atoms. The van der Waals surface area contributed by atoms with Gasteiger partial charge < -0.3 is 29.3 Å². The first kappa shape index (κ1) is 32.6. The summed E-state index contributed by atoms with van der Waals surface area (Å²) in [5, 5.41) is 2.97. The lowest BCUT2D eigenvalue weighted by molar-refractivity contribution is -0.140. The second-order valence-electron chi connectivity index (χ2n) is 10.4. The van der Waals surface area contributed by atoms with E-state index in [0.717, 1.165) is 89.5 Å². The van der Waals surface area contributed by atoms with Gasteiger partial charge in [-0.3, -0.25) is 9.59 Å². The van der Waals surface area contributed by atoms with Gasteiger partial charge in [0.05, 0.1) is 19.3 Å². The Morgan fingerprint density at radius 2 is 1.64 bits per heavy atom. The SMILES string of the molecule is COC(=O)CCCCCCCN(C)C(=O)CCCCCN1CC[C@@H](NC(=O)OCc2ccccc2)[C@@H](OC)C1. The first-order valence-electron chi connectivity index (χ1n) is 14.5. The molecule has 1 aliphatic rings. The van der Waals surface area contributed by atoms with Crippen molar-refractivity contribution < 1.29 is 28.6 Å². The van der Waals surface area contributed by atoms with Gasteiger partial charge in [0, 0.05) is 46.6 Å². The Morgan fingerprint density at radius 3 is 2.38 bits per heavy atom. The maximum atomic E-state index is 12.4. The van der Waals surface area contributed by atoms with Crippen molar-refractivity contribution in [1.29, 1.82) is 0 Å². The minimum atomic E-state index is -0.412. The third-order valence-electron chi connectivity index (χ3n) is 7.35. The third kappa shape index (κ3) is 13.8. The van der Waals surface area contributed by atoms with Gasteiger partial charge in [0.25, 0.3) is 0 Å². The van der Waals surface area contributed by atoms with Gasteiger partial charge in [0.2, 0.25) is 5.91 Å². The number of alkyl carbamates (subject to hydrolysis) is 1. The van der Waals surface area contributed by atoms with Crippen LogP contribution in [-0.2, 0) is 30.4 Å². The molecule has 0 bridgehead atoms. The monoisotopic (exact) mass is 547 g/mol. The topological polar surface area (TPSA) is 97.4 Å². The Hall–Kier alpha value is -2.65. The summed E-state index contributed by atoms with van der Waals surface area (Å²) < 4.78 is 15.7. The Bertz CT molecular complexity index is 837. The molecular formula is C30H49N3O6. The van der Waals surface area contributed by atoms with Gasteiger partial charge in [-0.25, -0.2) is 4.79 Å². The highest BCUT2D eigenvalue weighted by Crippen LogP contribution is 2.16. The number of rotatable bonds is 18. The summed E-state index contributed by atoms with van der Waals surface area (Å²) in [6.45, 7) is 3.67. The van der Waals surface area contributed by atoms with Crippen LogP contribution in [-0.4, -0.2) is 87.4 Å². The molecule has 0 aromatic heterocycles. The van der Waals surface area contributed by atoms with Gasteiger partial charge in [-0.1, -0.05) is 56.0 Å². The molecule has 0 saturated carbocycles. The van der Waals surface area contributed by atoms with Crippen LogP contribution in [0.4, 0.5) is 4.79 Å². The van der Waals surface area contributed by atoms with Crippen LogP contribution in [0.5, 0.6) is 0 Å². The minimum Gasteiger partial charge on any atom is -0.469 e. The number of nitrogens with zero attached hydrogens (tertiary/aromatic N) is 2. The molecule has 1 N–H and O–H groups in total. The first-order valence-corrected chi connectivity index (χ1v) is 14.5. The van der Waals surface area contributed by atoms with E-state index in [9.17, 15) is 14.4 Å². The zero-order chi connectivity index (χ0) is 28.3. The van der Waals surface area contributed by atoms with Crippen LogP contribution in [0.15, 0.2) is 30.3 Å². The van der Waals surface area contributed by atoms with Crippen molar-refractivity contribution in [2.75, 3.05) is 47.4 Å². The van der Waals surface area contributed by atoms with Gasteiger partial charge in [-0.05, 0) is 44.2 Å². The van der Waals surface area contributed by atoms with Gasteiger partial charge in [0.1, 0.15) is 6.61 Å². The molecule has 1 fully saturated rings. The second-order valence-corrected chi connectivity index (χ2v) is 10.4. The number of methoxy groups -OCH3 is 2. The molecule has 0 radical (unpaired) electrons. The summed E-state index contributed by atoms with van der Waals surface area (Å²) in [5.41, 5.74) is 0.958. The van der Waals surface area contributed by atoms with E-state index < -0.39 is 6.09 Å². The van der Waals surface area contributed by atoms with Gasteiger partial charge in [-0.2, -0.15) is 0 Å². The Balaban J connectivity index is 1.51. The van der Waals surface area contributed by atoms with Crippen molar-refractivity contribution in [1.82, 2.24) is 15.1 Å². The summed E-state index contributed by atoms with van der Waals surface area (Å²) >= 11 is 0. The van der Waals surface area contributed by atoms with E-state index in [-0.39, 0.29) is 30.6 Å². The molecule has 2 rings (SSSR count). The number of benzene rings is 1. The number of esters is 1. The molecule has 220 valence electrons. The molecule has 9 nitrogen and oxygen atoms in total. The molecule has 1 aromatic carbocycles. The van der Waals surface area contributed by atoms with Crippen molar-refractivity contribution in [2.45, 2.75) is 89.4 Å². The van der Waals surface area contributed by atoms with Crippen LogP contribution < -0.4 is 5.32 Å². The molecule has 1 aromatic rings. The smallest absolute Gasteiger partial charge is 0.407 e. The maximum absolute atomic E-state index is 12.4. The van der Waals surface area contributed by atoms with E-state index in [1.165, 1.54) is 7.11 Å². The fraction of sp³-hybridized carbons (Fsp3) is 0.700. The first-order chi connectivity index (χ1) is 18.9. The zero-order valence-corrected chi connectivity index (χ0v) is 24.2. The van der Waals surface area contributed by atoms with Gasteiger partial charge in [0.15, 0.2) is 0 Å². The number of nitrogens with one attached hydrogen (secondary N) is 1. The predicted molar refractivity (Wildman–Crippen MR) is 151 cm³/mol. The second kappa shape index (κ2) is 19.4. The number of hydrogen-bond donors (Lipinski definition) is 1. The Labute approximate surface area is 234 Å². The molecule has 1 aliphatic heterocycles. The molecule has 1 heterocycles. The molecule has 0 spiro atoms. The van der Waals surface area contributed by atoms with Gasteiger partial charge >= 0.3 is 12.1 Å². The Morgan fingerprint density at radius 1 is 0.949 bits per heavy atom. The average molecular weight is 548 g/mol. The number of ether oxygens (including phenoxy) is 3. The highest BCUT2D eigenvalue weighted by atomic mass is 16.5. The van der Waals surface area contributed by atoms with Crippen molar-refractivity contribution >= 4 is 18.0 Å². The quantitative estimate of drug-likeness (QED) is 0.213. The molecule has 9 heteroatoms. The van der Waals surface area contributed by atoms with E-state index in [0.29, 0.717) is 12.8 Å². The minimum absolute atomic E-state index is 0.0671. The standard InChI is InChI=1S/C30H49N3O6/c1-32(20-13-6-4-5-12-18-29(35)38-3)28(34)17-11-8-14-21-33-22-19-26(27(23-33)37-2)31-30(36)39-24-25-15-9-7-10-16-25/h7,9-10,15-16,26-27H,4-6,8,11-14,17-24H2,1-3H3,(H,31,36)/t26-,27+/m1/s1. The largest absolute Gasteiger partial charge is 0.469 e. The molecule has 1 saturated heterocycles. The van der Waals surface area contributed by atoms with Crippen LogP contribution in [0.3, 0.4) is 0 Å². The van der Waals surface area contributed by atoms with Crippen LogP contribution in [0.2, 0.25) is 0 Å². The number of amides is 2. The normalized spacial score (nSPS) is 17.4. The molecule has 0 unspecified atom stereocenters. The van der Waals surface area contributed by atoms with E-state index >= 15 is 0 Å². The number of likely N-dealkylation sites (tertiary alicyclic amines) is 1. The molecule has 0 aliphatic carbocycles. The number of hydrogen-bond acceptors (Lipinski definition) is 7. The number of piperidine rings is 1. The lowest BCUT2D eigenvalue weighted by Gasteiger charge is -2.37. The van der Waals surface area contributed by atoms with E-state index in [2.05, 4.69) is 15.0 Å². The van der Waals surface area contributed by atoms with E-state index in [1.807, 2.05) is 42.3 Å². The van der Waals surface area contributed by atoms with Crippen LogP contribution in [0, 0.1) is 0 Å². The van der Waals surface area contributed by atoms with E-state index in [1.54, 1.807) is 7.11 Å².